The lowest BCUT2D eigenvalue weighted by Gasteiger charge is -2.37. The van der Waals surface area contributed by atoms with Crippen LogP contribution in [0.4, 0.5) is 0 Å². The Morgan fingerprint density at radius 2 is 2.04 bits per heavy atom. The Bertz CT molecular complexity index is 821. The van der Waals surface area contributed by atoms with Crippen LogP contribution in [0.1, 0.15) is 35.8 Å². The Balaban J connectivity index is 1.97. The molecule has 1 saturated heterocycles. The summed E-state index contributed by atoms with van der Waals surface area (Å²) in [6.45, 7) is 4.18. The summed E-state index contributed by atoms with van der Waals surface area (Å²) in [5.74, 6) is -0.742. The lowest BCUT2D eigenvalue weighted by molar-refractivity contribution is -0.123. The van der Waals surface area contributed by atoms with E-state index >= 15 is 0 Å². The number of hydrogen-bond acceptors (Lipinski definition) is 3. The van der Waals surface area contributed by atoms with Gasteiger partial charge >= 0.3 is 0 Å². The van der Waals surface area contributed by atoms with Crippen molar-refractivity contribution < 1.29 is 9.59 Å². The summed E-state index contributed by atoms with van der Waals surface area (Å²) in [5, 5.41) is 1.43. The second-order valence-corrected chi connectivity index (χ2v) is 6.88. The molecule has 0 bridgehead atoms. The van der Waals surface area contributed by atoms with E-state index in [1.54, 1.807) is 17.0 Å². The molecule has 2 amide bonds. The predicted molar refractivity (Wildman–Crippen MR) is 93.9 cm³/mol. The third-order valence-corrected chi connectivity index (χ3v) is 4.98. The van der Waals surface area contributed by atoms with Crippen LogP contribution in [0.5, 0.6) is 0 Å². The van der Waals surface area contributed by atoms with E-state index in [-0.39, 0.29) is 23.8 Å². The number of nitrogens with two attached hydrogens (primary N) is 1. The summed E-state index contributed by atoms with van der Waals surface area (Å²) in [4.78, 5) is 30.8. The number of fused-ring (bicyclic) bond motifs is 1. The van der Waals surface area contributed by atoms with Gasteiger partial charge in [-0.1, -0.05) is 11.6 Å². The van der Waals surface area contributed by atoms with Crippen LogP contribution in [0.15, 0.2) is 24.3 Å². The number of aromatic nitrogens is 1. The maximum Gasteiger partial charge on any atom is 0.255 e. The molecular formula is C18H20ClN3O2. The van der Waals surface area contributed by atoms with E-state index in [1.807, 2.05) is 26.0 Å². The summed E-state index contributed by atoms with van der Waals surface area (Å²) in [5.41, 5.74) is 7.44. The maximum atomic E-state index is 13.0. The van der Waals surface area contributed by atoms with Gasteiger partial charge in [0, 0.05) is 23.0 Å². The smallest absolute Gasteiger partial charge is 0.255 e. The van der Waals surface area contributed by atoms with Crippen molar-refractivity contribution in [1.29, 1.82) is 0 Å². The summed E-state index contributed by atoms with van der Waals surface area (Å²) < 4.78 is 0. The lowest BCUT2D eigenvalue weighted by atomic mass is 9.92. The number of carbonyl (C=O) groups is 2. The normalized spacial score (nSPS) is 21.0. The molecule has 2 aromatic rings. The highest BCUT2D eigenvalue weighted by atomic mass is 35.5. The standard InChI is InChI=1S/C18H20ClN3O2/c1-10-3-4-12(17(20)23)9-22(10)18(24)15-8-13-7-14(19)5-6-16(13)21-11(15)2/h5-8,10,12H,3-4,9H2,1-2H3,(H2,20,23)/t10-,12-/m0/s1. The van der Waals surface area contributed by atoms with Gasteiger partial charge in [-0.15, -0.1) is 0 Å². The first-order chi connectivity index (χ1) is 11.4. The molecule has 0 aliphatic carbocycles. The number of aryl methyl sites for hydroxylation is 1. The highest BCUT2D eigenvalue weighted by molar-refractivity contribution is 6.31. The van der Waals surface area contributed by atoms with Gasteiger partial charge in [0.25, 0.3) is 5.91 Å². The third kappa shape index (κ3) is 3.08. The van der Waals surface area contributed by atoms with Crippen molar-refractivity contribution in [2.24, 2.45) is 11.7 Å². The van der Waals surface area contributed by atoms with Crippen LogP contribution in [0.2, 0.25) is 5.02 Å². The number of likely N-dealkylation sites (tertiary alicyclic amines) is 1. The molecule has 1 aliphatic rings. The van der Waals surface area contributed by atoms with Gasteiger partial charge in [0.2, 0.25) is 5.91 Å². The van der Waals surface area contributed by atoms with E-state index in [0.29, 0.717) is 22.8 Å². The zero-order chi connectivity index (χ0) is 17.4. The van der Waals surface area contributed by atoms with E-state index in [1.165, 1.54) is 0 Å². The first-order valence-corrected chi connectivity index (χ1v) is 8.42. The summed E-state index contributed by atoms with van der Waals surface area (Å²) in [7, 11) is 0. The number of carbonyl (C=O) groups excluding carboxylic acids is 2. The van der Waals surface area contributed by atoms with Gasteiger partial charge in [0.15, 0.2) is 0 Å². The number of hydrogen-bond donors (Lipinski definition) is 1. The molecule has 3 rings (SSSR count). The quantitative estimate of drug-likeness (QED) is 0.909. The molecule has 0 radical (unpaired) electrons. The average molecular weight is 346 g/mol. The predicted octanol–water partition coefficient (Wildman–Crippen LogP) is 2.92. The summed E-state index contributed by atoms with van der Waals surface area (Å²) in [6.07, 6.45) is 1.50. The Kier molecular flexibility index (Phi) is 4.45. The van der Waals surface area contributed by atoms with E-state index < -0.39 is 0 Å². The van der Waals surface area contributed by atoms with Crippen molar-refractivity contribution >= 4 is 34.3 Å². The van der Waals surface area contributed by atoms with Gasteiger partial charge in [-0.25, -0.2) is 0 Å². The molecule has 6 heteroatoms. The fourth-order valence-corrected chi connectivity index (χ4v) is 3.42. The molecule has 0 unspecified atom stereocenters. The Hall–Kier alpha value is -2.14. The molecule has 126 valence electrons. The molecule has 2 N–H and O–H groups in total. The third-order valence-electron chi connectivity index (χ3n) is 4.74. The molecule has 1 aromatic heterocycles. The van der Waals surface area contributed by atoms with Crippen molar-refractivity contribution in [3.63, 3.8) is 0 Å². The molecule has 1 aromatic carbocycles. The minimum Gasteiger partial charge on any atom is -0.369 e. The van der Waals surface area contributed by atoms with E-state index in [0.717, 1.165) is 23.7 Å². The second-order valence-electron chi connectivity index (χ2n) is 6.44. The number of amides is 2. The van der Waals surface area contributed by atoms with Crippen LogP contribution in [0.3, 0.4) is 0 Å². The van der Waals surface area contributed by atoms with Gasteiger partial charge in [0.1, 0.15) is 0 Å². The van der Waals surface area contributed by atoms with E-state index in [2.05, 4.69) is 4.98 Å². The minimum absolute atomic E-state index is 0.0718. The molecule has 1 aliphatic heterocycles. The number of halogens is 1. The van der Waals surface area contributed by atoms with Crippen molar-refractivity contribution in [2.45, 2.75) is 32.7 Å². The van der Waals surface area contributed by atoms with Gasteiger partial charge in [-0.05, 0) is 51.0 Å². The average Bonchev–Trinajstić information content (AvgIpc) is 2.54. The molecular weight excluding hydrogens is 326 g/mol. The molecule has 2 atom stereocenters. The fraction of sp³-hybridized carbons (Fsp3) is 0.389. The number of rotatable bonds is 2. The number of primary amides is 1. The van der Waals surface area contributed by atoms with Gasteiger partial charge < -0.3 is 10.6 Å². The number of piperidine rings is 1. The first-order valence-electron chi connectivity index (χ1n) is 8.04. The van der Waals surface area contributed by atoms with Gasteiger partial charge in [-0.3, -0.25) is 14.6 Å². The molecule has 2 heterocycles. The van der Waals surface area contributed by atoms with Crippen molar-refractivity contribution in [3.05, 3.63) is 40.5 Å². The first kappa shape index (κ1) is 16.7. The lowest BCUT2D eigenvalue weighted by Crippen LogP contribution is -2.48. The molecule has 0 saturated carbocycles. The maximum absolute atomic E-state index is 13.0. The van der Waals surface area contributed by atoms with Crippen molar-refractivity contribution in [1.82, 2.24) is 9.88 Å². The SMILES string of the molecule is Cc1nc2ccc(Cl)cc2cc1C(=O)N1C[C@@H](C(N)=O)CC[C@@H]1C. The molecule has 24 heavy (non-hydrogen) atoms. The van der Waals surface area contributed by atoms with Crippen LogP contribution in [-0.2, 0) is 4.79 Å². The van der Waals surface area contributed by atoms with E-state index in [4.69, 9.17) is 17.3 Å². The Morgan fingerprint density at radius 1 is 1.29 bits per heavy atom. The molecule has 5 nitrogen and oxygen atoms in total. The minimum atomic E-state index is -0.347. The second kappa shape index (κ2) is 6.40. The Labute approximate surface area is 145 Å². The summed E-state index contributed by atoms with van der Waals surface area (Å²) >= 11 is 6.04. The van der Waals surface area contributed by atoms with Gasteiger partial charge in [0.05, 0.1) is 22.7 Å². The van der Waals surface area contributed by atoms with Crippen molar-refractivity contribution in [2.75, 3.05) is 6.54 Å². The zero-order valence-electron chi connectivity index (χ0n) is 13.8. The van der Waals surface area contributed by atoms with Crippen LogP contribution in [0, 0.1) is 12.8 Å². The highest BCUT2D eigenvalue weighted by Gasteiger charge is 2.32. The number of benzene rings is 1. The molecule has 0 spiro atoms. The Morgan fingerprint density at radius 3 is 2.75 bits per heavy atom. The largest absolute Gasteiger partial charge is 0.369 e. The zero-order valence-corrected chi connectivity index (χ0v) is 14.5. The van der Waals surface area contributed by atoms with Crippen LogP contribution < -0.4 is 5.73 Å². The van der Waals surface area contributed by atoms with Crippen LogP contribution in [0.25, 0.3) is 10.9 Å². The van der Waals surface area contributed by atoms with Gasteiger partial charge in [-0.2, -0.15) is 0 Å². The fourth-order valence-electron chi connectivity index (χ4n) is 3.24. The van der Waals surface area contributed by atoms with Crippen LogP contribution >= 0.6 is 11.6 Å². The number of nitrogens with zero attached hydrogens (tertiary/aromatic N) is 2. The molecule has 1 fully saturated rings. The summed E-state index contributed by atoms with van der Waals surface area (Å²) in [6, 6.07) is 7.31. The topological polar surface area (TPSA) is 76.3 Å². The monoisotopic (exact) mass is 345 g/mol. The highest BCUT2D eigenvalue weighted by Crippen LogP contribution is 2.26. The van der Waals surface area contributed by atoms with Crippen molar-refractivity contribution in [3.8, 4) is 0 Å². The number of pyridine rings is 1. The van der Waals surface area contributed by atoms with E-state index in [9.17, 15) is 9.59 Å². The van der Waals surface area contributed by atoms with Crippen LogP contribution in [-0.4, -0.2) is 34.3 Å².